The number of aromatic nitrogens is 2. The number of carbonyl (C=O) groups is 2. The molecule has 2 aromatic carbocycles. The second-order valence-corrected chi connectivity index (χ2v) is 6.90. The van der Waals surface area contributed by atoms with Gasteiger partial charge in [0.1, 0.15) is 0 Å². The second kappa shape index (κ2) is 9.73. The highest BCUT2D eigenvalue weighted by atomic mass is 16.5. The maximum absolute atomic E-state index is 12.6. The predicted molar refractivity (Wildman–Crippen MR) is 116 cm³/mol. The third kappa shape index (κ3) is 5.26. The molecular formula is C23H26N4O3. The lowest BCUT2D eigenvalue weighted by Gasteiger charge is -2.09. The standard InChI is InChI=1S/C23H26N4O3/c1-4-30-23(29)25-20-12-8-11-19(13-20)22(28)24-14-21-16(2)26-27(17(21)3)15-18-9-6-5-7-10-18/h5-13H,4,14-15H2,1-3H3,(H,24,28)(H,25,29). The van der Waals surface area contributed by atoms with Crippen molar-refractivity contribution in [3.8, 4) is 0 Å². The van der Waals surface area contributed by atoms with Crippen molar-refractivity contribution < 1.29 is 14.3 Å². The van der Waals surface area contributed by atoms with Crippen molar-refractivity contribution in [3.05, 3.63) is 82.7 Å². The summed E-state index contributed by atoms with van der Waals surface area (Å²) in [6, 6.07) is 16.9. The van der Waals surface area contributed by atoms with E-state index >= 15 is 0 Å². The van der Waals surface area contributed by atoms with Crippen LogP contribution in [0.2, 0.25) is 0 Å². The van der Waals surface area contributed by atoms with Crippen LogP contribution in [-0.4, -0.2) is 28.4 Å². The van der Waals surface area contributed by atoms with Crippen molar-refractivity contribution in [2.45, 2.75) is 33.9 Å². The van der Waals surface area contributed by atoms with Gasteiger partial charge in [0, 0.05) is 29.1 Å². The van der Waals surface area contributed by atoms with Gasteiger partial charge in [-0.1, -0.05) is 36.4 Å². The number of rotatable bonds is 7. The normalized spacial score (nSPS) is 10.5. The molecule has 7 nitrogen and oxygen atoms in total. The maximum Gasteiger partial charge on any atom is 0.411 e. The second-order valence-electron chi connectivity index (χ2n) is 6.90. The number of hydrogen-bond donors (Lipinski definition) is 2. The van der Waals surface area contributed by atoms with Crippen LogP contribution in [0, 0.1) is 13.8 Å². The van der Waals surface area contributed by atoms with Crippen LogP contribution in [0.3, 0.4) is 0 Å². The predicted octanol–water partition coefficient (Wildman–Crippen LogP) is 4.05. The fourth-order valence-electron chi connectivity index (χ4n) is 3.19. The minimum Gasteiger partial charge on any atom is -0.450 e. The highest BCUT2D eigenvalue weighted by molar-refractivity contribution is 5.96. The van der Waals surface area contributed by atoms with E-state index in [0.717, 1.165) is 17.0 Å². The Labute approximate surface area is 176 Å². The van der Waals surface area contributed by atoms with Crippen LogP contribution in [0.25, 0.3) is 0 Å². The minimum absolute atomic E-state index is 0.225. The Balaban J connectivity index is 1.65. The van der Waals surface area contributed by atoms with Gasteiger partial charge in [-0.2, -0.15) is 5.10 Å². The lowest BCUT2D eigenvalue weighted by Crippen LogP contribution is -2.23. The van der Waals surface area contributed by atoms with E-state index in [0.29, 0.717) is 24.3 Å². The van der Waals surface area contributed by atoms with Crippen molar-refractivity contribution in [2.24, 2.45) is 0 Å². The molecule has 1 aromatic heterocycles. The first kappa shape index (κ1) is 21.1. The Bertz CT molecular complexity index is 1030. The van der Waals surface area contributed by atoms with E-state index in [9.17, 15) is 9.59 Å². The van der Waals surface area contributed by atoms with Crippen LogP contribution in [0.15, 0.2) is 54.6 Å². The molecule has 0 spiro atoms. The maximum atomic E-state index is 12.6. The monoisotopic (exact) mass is 406 g/mol. The van der Waals surface area contributed by atoms with E-state index in [1.807, 2.05) is 36.7 Å². The lowest BCUT2D eigenvalue weighted by atomic mass is 10.1. The van der Waals surface area contributed by atoms with Crippen molar-refractivity contribution in [2.75, 3.05) is 11.9 Å². The lowest BCUT2D eigenvalue weighted by molar-refractivity contribution is 0.0950. The molecule has 0 aliphatic heterocycles. The first-order chi connectivity index (χ1) is 14.5. The number of hydrogen-bond acceptors (Lipinski definition) is 4. The van der Waals surface area contributed by atoms with E-state index < -0.39 is 6.09 Å². The molecule has 0 saturated heterocycles. The highest BCUT2D eigenvalue weighted by Gasteiger charge is 2.14. The largest absolute Gasteiger partial charge is 0.450 e. The molecule has 3 aromatic rings. The first-order valence-corrected chi connectivity index (χ1v) is 9.86. The number of anilines is 1. The molecule has 0 bridgehead atoms. The quantitative estimate of drug-likeness (QED) is 0.620. The molecule has 2 N–H and O–H groups in total. The summed E-state index contributed by atoms with van der Waals surface area (Å²) in [7, 11) is 0. The summed E-state index contributed by atoms with van der Waals surface area (Å²) < 4.78 is 6.82. The summed E-state index contributed by atoms with van der Waals surface area (Å²) in [5, 5.41) is 10.2. The summed E-state index contributed by atoms with van der Waals surface area (Å²) in [5.41, 5.74) is 5.04. The van der Waals surface area contributed by atoms with Gasteiger partial charge in [0.2, 0.25) is 0 Å². The molecule has 3 rings (SSSR count). The van der Waals surface area contributed by atoms with Gasteiger partial charge in [-0.15, -0.1) is 0 Å². The Hall–Kier alpha value is -3.61. The van der Waals surface area contributed by atoms with E-state index in [2.05, 4.69) is 27.9 Å². The summed E-state index contributed by atoms with van der Waals surface area (Å²) in [6.07, 6.45) is -0.549. The van der Waals surface area contributed by atoms with Crippen molar-refractivity contribution in [3.63, 3.8) is 0 Å². The van der Waals surface area contributed by atoms with Gasteiger partial charge in [-0.3, -0.25) is 14.8 Å². The van der Waals surface area contributed by atoms with Gasteiger partial charge in [0.05, 0.1) is 18.8 Å². The summed E-state index contributed by atoms with van der Waals surface area (Å²) in [4.78, 5) is 24.2. The van der Waals surface area contributed by atoms with Crippen LogP contribution in [0.1, 0.15) is 39.8 Å². The molecule has 7 heteroatoms. The molecule has 0 aliphatic carbocycles. The van der Waals surface area contributed by atoms with Gasteiger partial charge in [-0.25, -0.2) is 4.79 Å². The van der Waals surface area contributed by atoms with Crippen LogP contribution in [-0.2, 0) is 17.8 Å². The molecular weight excluding hydrogens is 380 g/mol. The molecule has 0 unspecified atom stereocenters. The number of nitrogens with one attached hydrogen (secondary N) is 2. The average Bonchev–Trinajstić information content (AvgIpc) is 3.00. The Morgan fingerprint density at radius 2 is 1.83 bits per heavy atom. The minimum atomic E-state index is -0.549. The fraction of sp³-hybridized carbons (Fsp3) is 0.261. The summed E-state index contributed by atoms with van der Waals surface area (Å²) >= 11 is 0. The molecule has 30 heavy (non-hydrogen) atoms. The topological polar surface area (TPSA) is 85.2 Å². The number of ether oxygens (including phenoxy) is 1. The molecule has 156 valence electrons. The first-order valence-electron chi connectivity index (χ1n) is 9.86. The molecule has 2 amide bonds. The number of aryl methyl sites for hydroxylation is 1. The third-order valence-electron chi connectivity index (χ3n) is 4.78. The SMILES string of the molecule is CCOC(=O)Nc1cccc(C(=O)NCc2c(C)nn(Cc3ccccc3)c2C)c1. The summed E-state index contributed by atoms with van der Waals surface area (Å²) in [6.45, 7) is 7.02. The Morgan fingerprint density at radius 1 is 1.07 bits per heavy atom. The zero-order chi connectivity index (χ0) is 21.5. The zero-order valence-corrected chi connectivity index (χ0v) is 17.4. The average molecular weight is 406 g/mol. The number of amides is 2. The molecule has 0 radical (unpaired) electrons. The van der Waals surface area contributed by atoms with Crippen LogP contribution in [0.5, 0.6) is 0 Å². The molecule has 0 aliphatic rings. The van der Waals surface area contributed by atoms with Crippen molar-refractivity contribution in [1.82, 2.24) is 15.1 Å². The van der Waals surface area contributed by atoms with Gasteiger partial charge in [0.15, 0.2) is 0 Å². The van der Waals surface area contributed by atoms with Gasteiger partial charge in [-0.05, 0) is 44.5 Å². The number of benzene rings is 2. The van der Waals surface area contributed by atoms with E-state index in [-0.39, 0.29) is 12.5 Å². The van der Waals surface area contributed by atoms with Crippen LogP contribution >= 0.6 is 0 Å². The van der Waals surface area contributed by atoms with Crippen LogP contribution < -0.4 is 10.6 Å². The molecule has 0 saturated carbocycles. The molecule has 1 heterocycles. The summed E-state index contributed by atoms with van der Waals surface area (Å²) in [5.74, 6) is -0.225. The number of carbonyl (C=O) groups excluding carboxylic acids is 2. The van der Waals surface area contributed by atoms with Gasteiger partial charge < -0.3 is 10.1 Å². The highest BCUT2D eigenvalue weighted by Crippen LogP contribution is 2.16. The zero-order valence-electron chi connectivity index (χ0n) is 17.4. The smallest absolute Gasteiger partial charge is 0.411 e. The molecule has 0 atom stereocenters. The number of nitrogens with zero attached hydrogens (tertiary/aromatic N) is 2. The van der Waals surface area contributed by atoms with E-state index in [1.165, 1.54) is 5.56 Å². The van der Waals surface area contributed by atoms with Gasteiger partial charge in [0.25, 0.3) is 5.91 Å². The third-order valence-corrected chi connectivity index (χ3v) is 4.78. The Morgan fingerprint density at radius 3 is 2.57 bits per heavy atom. The van der Waals surface area contributed by atoms with E-state index in [1.54, 1.807) is 31.2 Å². The van der Waals surface area contributed by atoms with Crippen molar-refractivity contribution >= 4 is 17.7 Å². The van der Waals surface area contributed by atoms with Gasteiger partial charge >= 0.3 is 6.09 Å². The van der Waals surface area contributed by atoms with Crippen LogP contribution in [0.4, 0.5) is 10.5 Å². The van der Waals surface area contributed by atoms with Crippen molar-refractivity contribution in [1.29, 1.82) is 0 Å². The Kier molecular flexibility index (Phi) is 6.85. The molecule has 0 fully saturated rings. The van der Waals surface area contributed by atoms with E-state index in [4.69, 9.17) is 4.74 Å². The fourth-order valence-corrected chi connectivity index (χ4v) is 3.19.